The first-order valence-corrected chi connectivity index (χ1v) is 5.93. The molecule has 0 amide bonds. The summed E-state index contributed by atoms with van der Waals surface area (Å²) in [5.74, 6) is 0.0514. The van der Waals surface area contributed by atoms with Crippen LogP contribution in [0.15, 0.2) is 57.8 Å². The summed E-state index contributed by atoms with van der Waals surface area (Å²) < 4.78 is 10.2. The maximum absolute atomic E-state index is 11.7. The summed E-state index contributed by atoms with van der Waals surface area (Å²) >= 11 is 6.02. The van der Waals surface area contributed by atoms with Crippen LogP contribution < -0.4 is 0 Å². The van der Waals surface area contributed by atoms with E-state index in [0.717, 1.165) is 0 Å². The highest BCUT2D eigenvalue weighted by Crippen LogP contribution is 2.22. The van der Waals surface area contributed by atoms with Crippen LogP contribution in [0.5, 0.6) is 0 Å². The molecule has 0 radical (unpaired) electrons. The third kappa shape index (κ3) is 2.30. The van der Waals surface area contributed by atoms with Crippen LogP contribution in [0.2, 0.25) is 5.02 Å². The lowest BCUT2D eigenvalue weighted by Crippen LogP contribution is -2.04. The molecule has 0 fully saturated rings. The van der Waals surface area contributed by atoms with Gasteiger partial charge in [0.15, 0.2) is 11.5 Å². The fraction of sp³-hybridized carbons (Fsp3) is 0. The van der Waals surface area contributed by atoms with E-state index in [1.165, 1.54) is 6.26 Å². The van der Waals surface area contributed by atoms with Crippen molar-refractivity contribution >= 4 is 29.5 Å². The Hall–Kier alpha value is -2.33. The zero-order valence-electron chi connectivity index (χ0n) is 9.67. The maximum atomic E-state index is 11.7. The molecule has 94 valence electrons. The fourth-order valence-electron chi connectivity index (χ4n) is 1.65. The number of cyclic esters (lactones) is 1. The molecule has 1 aliphatic rings. The monoisotopic (exact) mass is 273 g/mol. The lowest BCUT2D eigenvalue weighted by molar-refractivity contribution is -0.130. The quantitative estimate of drug-likeness (QED) is 0.623. The number of halogens is 1. The van der Waals surface area contributed by atoms with E-state index in [1.807, 2.05) is 12.1 Å². The summed E-state index contributed by atoms with van der Waals surface area (Å²) in [6.07, 6.45) is 3.07. The van der Waals surface area contributed by atoms with E-state index in [4.69, 9.17) is 20.8 Å². The van der Waals surface area contributed by atoms with Crippen LogP contribution in [0.4, 0.5) is 0 Å². The summed E-state index contributed by atoms with van der Waals surface area (Å²) in [4.78, 5) is 15.8. The Bertz CT molecular complexity index is 686. The number of benzene rings is 1. The number of hydrogen-bond donors (Lipinski definition) is 0. The number of ether oxygens (including phenoxy) is 1. The normalized spacial score (nSPS) is 16.6. The van der Waals surface area contributed by atoms with Gasteiger partial charge in [-0.2, -0.15) is 0 Å². The molecule has 0 saturated carbocycles. The molecule has 19 heavy (non-hydrogen) atoms. The predicted molar refractivity (Wildman–Crippen MR) is 70.8 cm³/mol. The van der Waals surface area contributed by atoms with Gasteiger partial charge < -0.3 is 9.15 Å². The second-order valence-corrected chi connectivity index (χ2v) is 4.24. The fourth-order valence-corrected chi connectivity index (χ4v) is 1.84. The van der Waals surface area contributed by atoms with Crippen molar-refractivity contribution in [2.45, 2.75) is 0 Å². The Labute approximate surface area is 114 Å². The molecule has 4 nitrogen and oxygen atoms in total. The molecule has 2 aromatic rings. The highest BCUT2D eigenvalue weighted by molar-refractivity contribution is 6.32. The number of hydrogen-bond acceptors (Lipinski definition) is 4. The average Bonchev–Trinajstić information content (AvgIpc) is 3.02. The van der Waals surface area contributed by atoms with Crippen LogP contribution in [0, 0.1) is 0 Å². The molecule has 0 N–H and O–H groups in total. The number of aliphatic imine (C=N–C) groups is 1. The first-order chi connectivity index (χ1) is 9.24. The van der Waals surface area contributed by atoms with Crippen LogP contribution in [-0.4, -0.2) is 11.9 Å². The van der Waals surface area contributed by atoms with Gasteiger partial charge >= 0.3 is 5.97 Å². The van der Waals surface area contributed by atoms with E-state index in [2.05, 4.69) is 4.99 Å². The van der Waals surface area contributed by atoms with Crippen molar-refractivity contribution in [1.82, 2.24) is 0 Å². The summed E-state index contributed by atoms with van der Waals surface area (Å²) in [6.45, 7) is 0. The van der Waals surface area contributed by atoms with Crippen LogP contribution in [-0.2, 0) is 9.53 Å². The first-order valence-electron chi connectivity index (χ1n) is 5.55. The van der Waals surface area contributed by atoms with Gasteiger partial charge in [0.2, 0.25) is 0 Å². The molecule has 0 saturated heterocycles. The Morgan fingerprint density at radius 3 is 2.74 bits per heavy atom. The van der Waals surface area contributed by atoms with Crippen LogP contribution in [0.25, 0.3) is 6.08 Å². The predicted octanol–water partition coefficient (Wildman–Crippen LogP) is 3.28. The highest BCUT2D eigenvalue weighted by Gasteiger charge is 2.25. The van der Waals surface area contributed by atoms with E-state index >= 15 is 0 Å². The van der Waals surface area contributed by atoms with Crippen molar-refractivity contribution in [3.8, 4) is 0 Å². The lowest BCUT2D eigenvalue weighted by Gasteiger charge is -1.96. The maximum Gasteiger partial charge on any atom is 0.363 e. The molecule has 1 aromatic carbocycles. The van der Waals surface area contributed by atoms with E-state index in [-0.39, 0.29) is 11.6 Å². The molecule has 0 atom stereocenters. The molecule has 0 unspecified atom stereocenters. The molecule has 3 rings (SSSR count). The molecule has 1 aromatic heterocycles. The van der Waals surface area contributed by atoms with Crippen molar-refractivity contribution in [2.24, 2.45) is 4.99 Å². The van der Waals surface area contributed by atoms with Gasteiger partial charge in [-0.3, -0.25) is 0 Å². The average molecular weight is 274 g/mol. The molecule has 5 heteroatoms. The number of nitrogens with zero attached hydrogens (tertiary/aromatic N) is 1. The smallest absolute Gasteiger partial charge is 0.363 e. The zero-order valence-corrected chi connectivity index (χ0v) is 10.4. The standard InChI is InChI=1S/C14H8ClNO3/c15-10-5-2-1-4-9(10)8-11-14(17)19-13(16-11)12-6-3-7-18-12/h1-8H/b11-8-. The first kappa shape index (κ1) is 11.7. The van der Waals surface area contributed by atoms with Gasteiger partial charge in [-0.1, -0.05) is 29.8 Å². The summed E-state index contributed by atoms with van der Waals surface area (Å²) in [7, 11) is 0. The van der Waals surface area contributed by atoms with Gasteiger partial charge in [-0.15, -0.1) is 0 Å². The minimum absolute atomic E-state index is 0.160. The molecular formula is C14H8ClNO3. The second-order valence-electron chi connectivity index (χ2n) is 3.83. The van der Waals surface area contributed by atoms with Gasteiger partial charge in [0.25, 0.3) is 5.90 Å². The summed E-state index contributed by atoms with van der Waals surface area (Å²) in [5.41, 5.74) is 0.903. The Balaban J connectivity index is 1.98. The van der Waals surface area contributed by atoms with E-state index in [1.54, 1.807) is 30.3 Å². The third-order valence-electron chi connectivity index (χ3n) is 2.55. The number of rotatable bonds is 2. The number of carbonyl (C=O) groups is 1. The highest BCUT2D eigenvalue weighted by atomic mass is 35.5. The molecule has 0 aliphatic carbocycles. The van der Waals surface area contributed by atoms with Crippen LogP contribution >= 0.6 is 11.6 Å². The molecule has 2 heterocycles. The topological polar surface area (TPSA) is 51.8 Å². The van der Waals surface area contributed by atoms with Crippen molar-refractivity contribution in [3.63, 3.8) is 0 Å². The van der Waals surface area contributed by atoms with Crippen molar-refractivity contribution in [3.05, 3.63) is 64.7 Å². The zero-order chi connectivity index (χ0) is 13.2. The van der Waals surface area contributed by atoms with E-state index in [9.17, 15) is 4.79 Å². The van der Waals surface area contributed by atoms with Gasteiger partial charge in [0.05, 0.1) is 6.26 Å². The van der Waals surface area contributed by atoms with Gasteiger partial charge in [-0.05, 0) is 29.8 Å². The SMILES string of the molecule is O=C1OC(c2ccco2)=N/C1=C\c1ccccc1Cl. The van der Waals surface area contributed by atoms with Crippen LogP contribution in [0.1, 0.15) is 11.3 Å². The molecular weight excluding hydrogens is 266 g/mol. The van der Waals surface area contributed by atoms with Gasteiger partial charge in [0, 0.05) is 5.02 Å². The lowest BCUT2D eigenvalue weighted by atomic mass is 10.2. The summed E-state index contributed by atoms with van der Waals surface area (Å²) in [5, 5.41) is 0.546. The van der Waals surface area contributed by atoms with Crippen LogP contribution in [0.3, 0.4) is 0 Å². The Kier molecular flexibility index (Phi) is 2.93. The van der Waals surface area contributed by atoms with E-state index < -0.39 is 5.97 Å². The third-order valence-corrected chi connectivity index (χ3v) is 2.89. The van der Waals surface area contributed by atoms with Crippen molar-refractivity contribution in [2.75, 3.05) is 0 Å². The number of esters is 1. The van der Waals surface area contributed by atoms with E-state index in [0.29, 0.717) is 16.3 Å². The second kappa shape index (κ2) is 4.74. The molecule has 0 spiro atoms. The minimum atomic E-state index is -0.522. The van der Waals surface area contributed by atoms with Gasteiger partial charge in [0.1, 0.15) is 0 Å². The van der Waals surface area contributed by atoms with Crippen molar-refractivity contribution in [1.29, 1.82) is 0 Å². The van der Waals surface area contributed by atoms with Gasteiger partial charge in [-0.25, -0.2) is 9.79 Å². The van der Waals surface area contributed by atoms with Crippen molar-refractivity contribution < 1.29 is 13.9 Å². The Morgan fingerprint density at radius 1 is 1.16 bits per heavy atom. The Morgan fingerprint density at radius 2 is 2.00 bits per heavy atom. The molecule has 1 aliphatic heterocycles. The molecule has 0 bridgehead atoms. The number of carbonyl (C=O) groups excluding carboxylic acids is 1. The largest absolute Gasteiger partial charge is 0.459 e. The number of furan rings is 1. The minimum Gasteiger partial charge on any atom is -0.459 e. The summed E-state index contributed by atoms with van der Waals surface area (Å²) in [6, 6.07) is 10.5.